The van der Waals surface area contributed by atoms with Crippen molar-refractivity contribution in [2.45, 2.75) is 45.4 Å². The molecule has 0 radical (unpaired) electrons. The Labute approximate surface area is 182 Å². The van der Waals surface area contributed by atoms with Crippen molar-refractivity contribution in [3.8, 4) is 5.75 Å². The highest BCUT2D eigenvalue weighted by atomic mass is 35.5. The first kappa shape index (κ1) is 21.5. The van der Waals surface area contributed by atoms with Crippen LogP contribution in [-0.4, -0.2) is 33.6 Å². The lowest BCUT2D eigenvalue weighted by Crippen LogP contribution is -2.56. The average Bonchev–Trinajstić information content (AvgIpc) is 3.20. The van der Waals surface area contributed by atoms with Crippen LogP contribution in [0.2, 0.25) is 5.02 Å². The number of aromatic nitrogens is 1. The molecule has 2 N–H and O–H groups in total. The molecule has 7 nitrogen and oxygen atoms in total. The molecule has 0 bridgehead atoms. The van der Waals surface area contributed by atoms with Crippen LogP contribution in [0.25, 0.3) is 0 Å². The third-order valence-corrected chi connectivity index (χ3v) is 6.71. The van der Waals surface area contributed by atoms with E-state index in [-0.39, 0.29) is 34.9 Å². The Bertz CT molecular complexity index is 1150. The van der Waals surface area contributed by atoms with E-state index in [0.717, 1.165) is 6.42 Å². The van der Waals surface area contributed by atoms with Gasteiger partial charge in [0.1, 0.15) is 17.1 Å². The van der Waals surface area contributed by atoms with Crippen LogP contribution in [0.5, 0.6) is 5.75 Å². The molecule has 1 saturated heterocycles. The highest BCUT2D eigenvalue weighted by Gasteiger charge is 2.57. The predicted octanol–water partition coefficient (Wildman–Crippen LogP) is 3.05. The SMILES string of the molecule is CC1(C)C(=O)c2c(O)c(=O)c(C(=O)NCc3cccc(Cl)c3F)cn2CC12CCCO2. The minimum Gasteiger partial charge on any atom is -0.503 e. The van der Waals surface area contributed by atoms with Gasteiger partial charge in [0, 0.05) is 24.9 Å². The summed E-state index contributed by atoms with van der Waals surface area (Å²) in [5, 5.41) is 12.9. The zero-order valence-electron chi connectivity index (χ0n) is 17.1. The maximum Gasteiger partial charge on any atom is 0.257 e. The quantitative estimate of drug-likeness (QED) is 0.752. The van der Waals surface area contributed by atoms with Crippen molar-refractivity contribution in [2.75, 3.05) is 6.61 Å². The van der Waals surface area contributed by atoms with E-state index in [2.05, 4.69) is 5.32 Å². The van der Waals surface area contributed by atoms with Crippen LogP contribution in [0.3, 0.4) is 0 Å². The van der Waals surface area contributed by atoms with Crippen LogP contribution in [-0.2, 0) is 17.8 Å². The molecule has 2 aliphatic heterocycles. The summed E-state index contributed by atoms with van der Waals surface area (Å²) < 4.78 is 21.5. The number of carbonyl (C=O) groups excluding carboxylic acids is 2. The fraction of sp³-hybridized carbons (Fsp3) is 0.409. The number of ether oxygens (including phenoxy) is 1. The second-order valence-electron chi connectivity index (χ2n) is 8.49. The van der Waals surface area contributed by atoms with Crippen LogP contribution < -0.4 is 10.7 Å². The van der Waals surface area contributed by atoms with E-state index in [4.69, 9.17) is 16.3 Å². The highest BCUT2D eigenvalue weighted by molar-refractivity contribution is 6.30. The van der Waals surface area contributed by atoms with E-state index in [1.165, 1.54) is 22.9 Å². The summed E-state index contributed by atoms with van der Waals surface area (Å²) in [5.41, 5.74) is -3.00. The van der Waals surface area contributed by atoms with Gasteiger partial charge in [-0.2, -0.15) is 0 Å². The molecule has 1 fully saturated rings. The van der Waals surface area contributed by atoms with E-state index < -0.39 is 39.7 Å². The standard InChI is InChI=1S/C22H22ClFN2O5/c1-21(2)19(29)16-18(28)17(27)13(10-26(16)11-22(21)7-4-8-31-22)20(30)25-9-12-5-3-6-14(23)15(12)24/h3,5-6,10,28H,4,7-9,11H2,1-2H3,(H,25,30). The minimum absolute atomic E-state index is 0.0822. The first-order chi connectivity index (χ1) is 14.6. The van der Waals surface area contributed by atoms with Gasteiger partial charge in [0.05, 0.1) is 22.6 Å². The van der Waals surface area contributed by atoms with E-state index in [1.54, 1.807) is 19.9 Å². The summed E-state index contributed by atoms with van der Waals surface area (Å²) in [6.45, 7) is 4.02. The van der Waals surface area contributed by atoms with Crippen LogP contribution in [0.15, 0.2) is 29.2 Å². The van der Waals surface area contributed by atoms with E-state index in [0.29, 0.717) is 13.0 Å². The predicted molar refractivity (Wildman–Crippen MR) is 111 cm³/mol. The van der Waals surface area contributed by atoms with Gasteiger partial charge >= 0.3 is 0 Å². The number of pyridine rings is 1. The fourth-order valence-corrected chi connectivity index (χ4v) is 4.62. The molecular weight excluding hydrogens is 427 g/mol. The van der Waals surface area contributed by atoms with Crippen molar-refractivity contribution in [1.29, 1.82) is 0 Å². The summed E-state index contributed by atoms with van der Waals surface area (Å²) in [5.74, 6) is -2.65. The number of nitrogens with zero attached hydrogens (tertiary/aromatic N) is 1. The Morgan fingerprint density at radius 3 is 2.77 bits per heavy atom. The zero-order valence-corrected chi connectivity index (χ0v) is 17.9. The van der Waals surface area contributed by atoms with Gasteiger partial charge in [-0.05, 0) is 32.8 Å². The van der Waals surface area contributed by atoms with Crippen LogP contribution in [0.1, 0.15) is 53.1 Å². The van der Waals surface area contributed by atoms with Gasteiger partial charge in [0.2, 0.25) is 5.43 Å². The molecule has 164 valence electrons. The molecular formula is C22H22ClFN2O5. The van der Waals surface area contributed by atoms with Crippen molar-refractivity contribution >= 4 is 23.3 Å². The zero-order chi connectivity index (χ0) is 22.6. The Hall–Kier alpha value is -2.71. The second-order valence-corrected chi connectivity index (χ2v) is 8.90. The number of rotatable bonds is 3. The summed E-state index contributed by atoms with van der Waals surface area (Å²) in [4.78, 5) is 38.5. The van der Waals surface area contributed by atoms with Crippen molar-refractivity contribution in [3.63, 3.8) is 0 Å². The number of hydrogen-bond acceptors (Lipinski definition) is 5. The highest BCUT2D eigenvalue weighted by Crippen LogP contribution is 2.48. The Kier molecular flexibility index (Phi) is 5.18. The molecule has 2 aromatic rings. The van der Waals surface area contributed by atoms with Gasteiger partial charge in [0.15, 0.2) is 11.5 Å². The number of benzene rings is 1. The summed E-state index contributed by atoms with van der Waals surface area (Å²) >= 11 is 5.75. The molecule has 1 aromatic heterocycles. The Morgan fingerprint density at radius 1 is 1.35 bits per heavy atom. The lowest BCUT2D eigenvalue weighted by Gasteiger charge is -2.46. The fourth-order valence-electron chi connectivity index (χ4n) is 4.42. The number of ketones is 1. The van der Waals surface area contributed by atoms with Crippen molar-refractivity contribution < 1.29 is 23.8 Å². The number of aromatic hydroxyl groups is 1. The lowest BCUT2D eigenvalue weighted by atomic mass is 9.67. The van der Waals surface area contributed by atoms with E-state index >= 15 is 0 Å². The minimum atomic E-state index is -0.956. The van der Waals surface area contributed by atoms with Gasteiger partial charge in [-0.15, -0.1) is 0 Å². The number of carbonyl (C=O) groups is 2. The summed E-state index contributed by atoms with van der Waals surface area (Å²) in [6, 6.07) is 4.39. The van der Waals surface area contributed by atoms with Crippen molar-refractivity contribution in [3.05, 3.63) is 62.3 Å². The largest absolute Gasteiger partial charge is 0.503 e. The average molecular weight is 449 g/mol. The molecule has 3 heterocycles. The molecule has 1 atom stereocenters. The molecule has 0 saturated carbocycles. The van der Waals surface area contributed by atoms with E-state index in [9.17, 15) is 23.9 Å². The van der Waals surface area contributed by atoms with Crippen molar-refractivity contribution in [1.82, 2.24) is 9.88 Å². The van der Waals surface area contributed by atoms with E-state index in [1.807, 2.05) is 0 Å². The number of hydrogen-bond donors (Lipinski definition) is 2. The first-order valence-corrected chi connectivity index (χ1v) is 10.3. The molecule has 4 rings (SSSR count). The number of nitrogens with one attached hydrogen (secondary N) is 1. The lowest BCUT2D eigenvalue weighted by molar-refractivity contribution is -0.0877. The first-order valence-electron chi connectivity index (χ1n) is 9.95. The number of amides is 1. The molecule has 1 amide bonds. The van der Waals surface area contributed by atoms with Gasteiger partial charge in [-0.25, -0.2) is 4.39 Å². The van der Waals surface area contributed by atoms with Gasteiger partial charge < -0.3 is 19.7 Å². The molecule has 1 spiro atoms. The monoisotopic (exact) mass is 448 g/mol. The Balaban J connectivity index is 1.69. The van der Waals surface area contributed by atoms with Crippen LogP contribution >= 0.6 is 11.6 Å². The van der Waals surface area contributed by atoms with Gasteiger partial charge in [-0.1, -0.05) is 23.7 Å². The maximum atomic E-state index is 14.1. The van der Waals surface area contributed by atoms with Gasteiger partial charge in [-0.3, -0.25) is 14.4 Å². The van der Waals surface area contributed by atoms with Crippen LogP contribution in [0.4, 0.5) is 4.39 Å². The van der Waals surface area contributed by atoms with Gasteiger partial charge in [0.25, 0.3) is 5.91 Å². The second kappa shape index (κ2) is 7.46. The third kappa shape index (κ3) is 3.25. The summed E-state index contributed by atoms with van der Waals surface area (Å²) in [7, 11) is 0. The molecule has 2 aliphatic rings. The molecule has 1 unspecified atom stereocenters. The number of fused-ring (bicyclic) bond motifs is 1. The summed E-state index contributed by atoms with van der Waals surface area (Å²) in [6.07, 6.45) is 2.70. The molecule has 1 aromatic carbocycles. The topological polar surface area (TPSA) is 97.6 Å². The molecule has 0 aliphatic carbocycles. The normalized spacial score (nSPS) is 21.9. The van der Waals surface area contributed by atoms with Crippen molar-refractivity contribution in [2.24, 2.45) is 5.41 Å². The third-order valence-electron chi connectivity index (χ3n) is 6.42. The Morgan fingerprint density at radius 2 is 2.10 bits per heavy atom. The maximum absolute atomic E-state index is 14.1. The number of halogens is 2. The molecule has 9 heteroatoms. The smallest absolute Gasteiger partial charge is 0.257 e. The molecule has 31 heavy (non-hydrogen) atoms. The van der Waals surface area contributed by atoms with Crippen LogP contribution in [0, 0.1) is 11.2 Å². The number of Topliss-reactive ketones (excluding diaryl/α,β-unsaturated/α-hetero) is 1.